The first-order chi connectivity index (χ1) is 27.3. The van der Waals surface area contributed by atoms with E-state index < -0.39 is 5.41 Å². The molecule has 0 atom stereocenters. The van der Waals surface area contributed by atoms with E-state index in [1.807, 2.05) is 0 Å². The Morgan fingerprint density at radius 2 is 0.982 bits per heavy atom. The zero-order valence-electron chi connectivity index (χ0n) is 30.1. The van der Waals surface area contributed by atoms with Crippen LogP contribution in [0.4, 0.5) is 17.1 Å². The quantitative estimate of drug-likeness (QED) is 0.172. The summed E-state index contributed by atoms with van der Waals surface area (Å²) in [6, 6.07) is 76.9. The van der Waals surface area contributed by atoms with Crippen LogP contribution in [0.15, 0.2) is 217 Å². The van der Waals surface area contributed by atoms with Crippen molar-refractivity contribution < 1.29 is 4.42 Å². The number of fused-ring (bicyclic) bond motifs is 8. The van der Waals surface area contributed by atoms with E-state index in [1.165, 1.54) is 49.7 Å². The summed E-state index contributed by atoms with van der Waals surface area (Å²) in [5.74, 6) is 0. The third-order valence-electron chi connectivity index (χ3n) is 11.5. The van der Waals surface area contributed by atoms with Gasteiger partial charge in [-0.1, -0.05) is 176 Å². The third kappa shape index (κ3) is 4.75. The molecule has 0 saturated heterocycles. The minimum absolute atomic E-state index is 0.555. The topological polar surface area (TPSA) is 16.4 Å². The average molecular weight is 702 g/mol. The Hall–Kier alpha value is -7.16. The molecular formula is C53H35NO. The molecule has 11 rings (SSSR count). The first-order valence-electron chi connectivity index (χ1n) is 18.9. The fourth-order valence-electron chi connectivity index (χ4n) is 9.15. The summed E-state index contributed by atoms with van der Waals surface area (Å²) in [5, 5.41) is 4.66. The van der Waals surface area contributed by atoms with Gasteiger partial charge in [0.05, 0.1) is 11.1 Å². The number of hydrogen-bond donors (Lipinski definition) is 0. The Morgan fingerprint density at radius 1 is 0.400 bits per heavy atom. The van der Waals surface area contributed by atoms with Gasteiger partial charge in [-0.05, 0) is 80.7 Å². The van der Waals surface area contributed by atoms with Crippen LogP contribution < -0.4 is 4.90 Å². The lowest BCUT2D eigenvalue weighted by atomic mass is 9.67. The number of benzene rings is 9. The van der Waals surface area contributed by atoms with Crippen LogP contribution in [0.5, 0.6) is 0 Å². The average Bonchev–Trinajstić information content (AvgIpc) is 3.79. The maximum absolute atomic E-state index is 6.89. The molecule has 0 radical (unpaired) electrons. The van der Waals surface area contributed by atoms with Gasteiger partial charge >= 0.3 is 0 Å². The molecule has 9 aromatic carbocycles. The van der Waals surface area contributed by atoms with Crippen molar-refractivity contribution in [2.24, 2.45) is 0 Å². The summed E-state index contributed by atoms with van der Waals surface area (Å²) in [7, 11) is 0. The molecule has 1 aliphatic carbocycles. The molecule has 1 aliphatic rings. The second kappa shape index (κ2) is 12.5. The molecule has 0 saturated carbocycles. The fourth-order valence-corrected chi connectivity index (χ4v) is 9.15. The predicted octanol–water partition coefficient (Wildman–Crippen LogP) is 14.2. The summed E-state index contributed by atoms with van der Waals surface area (Å²) < 4.78 is 6.89. The van der Waals surface area contributed by atoms with Gasteiger partial charge in [-0.15, -0.1) is 0 Å². The van der Waals surface area contributed by atoms with Crippen LogP contribution in [0.25, 0.3) is 55.0 Å². The summed E-state index contributed by atoms with van der Waals surface area (Å²) in [6.07, 6.45) is 0. The van der Waals surface area contributed by atoms with E-state index in [0.717, 1.165) is 44.6 Å². The van der Waals surface area contributed by atoms with E-state index in [2.05, 4.69) is 217 Å². The van der Waals surface area contributed by atoms with Crippen LogP contribution in [0.1, 0.15) is 22.3 Å². The molecule has 1 heterocycles. The normalized spacial score (nSPS) is 12.9. The highest BCUT2D eigenvalue weighted by Crippen LogP contribution is 2.59. The van der Waals surface area contributed by atoms with Gasteiger partial charge in [0.15, 0.2) is 0 Å². The SMILES string of the molecule is c1ccc(-c2ccc(N(c3ccc4c(c3)-c3c(ccc5c3oc3ccccc35)C4(c3ccccc3)c3ccccc3)c3cccc4ccccc34)cc2)cc1. The van der Waals surface area contributed by atoms with Crippen LogP contribution in [0.3, 0.4) is 0 Å². The van der Waals surface area contributed by atoms with Gasteiger partial charge in [0.1, 0.15) is 11.2 Å². The van der Waals surface area contributed by atoms with Gasteiger partial charge in [0.2, 0.25) is 0 Å². The van der Waals surface area contributed by atoms with Gasteiger partial charge in [0.25, 0.3) is 0 Å². The van der Waals surface area contributed by atoms with Crippen molar-refractivity contribution in [3.05, 3.63) is 235 Å². The predicted molar refractivity (Wildman–Crippen MR) is 229 cm³/mol. The number of furan rings is 1. The molecule has 0 aliphatic heterocycles. The third-order valence-corrected chi connectivity index (χ3v) is 11.5. The van der Waals surface area contributed by atoms with E-state index in [-0.39, 0.29) is 0 Å². The lowest BCUT2D eigenvalue weighted by Gasteiger charge is -2.34. The number of para-hydroxylation sites is 1. The molecule has 0 unspecified atom stereocenters. The van der Waals surface area contributed by atoms with Crippen LogP contribution >= 0.6 is 0 Å². The van der Waals surface area contributed by atoms with Crippen LogP contribution in [-0.4, -0.2) is 0 Å². The van der Waals surface area contributed by atoms with Gasteiger partial charge in [-0.3, -0.25) is 0 Å². The Morgan fingerprint density at radius 3 is 1.73 bits per heavy atom. The van der Waals surface area contributed by atoms with Gasteiger partial charge in [0, 0.05) is 33.1 Å². The minimum Gasteiger partial charge on any atom is -0.455 e. The lowest BCUT2D eigenvalue weighted by molar-refractivity contribution is 0.669. The summed E-state index contributed by atoms with van der Waals surface area (Å²) in [5.41, 5.74) is 14.2. The van der Waals surface area contributed by atoms with Gasteiger partial charge < -0.3 is 9.32 Å². The molecule has 0 fully saturated rings. The molecule has 0 amide bonds. The van der Waals surface area contributed by atoms with E-state index in [0.29, 0.717) is 0 Å². The Labute approximate surface area is 320 Å². The highest BCUT2D eigenvalue weighted by molar-refractivity contribution is 6.13. The summed E-state index contributed by atoms with van der Waals surface area (Å²) in [6.45, 7) is 0. The first kappa shape index (κ1) is 31.4. The maximum atomic E-state index is 6.89. The van der Waals surface area contributed by atoms with Crippen molar-refractivity contribution in [2.75, 3.05) is 4.90 Å². The number of anilines is 3. The monoisotopic (exact) mass is 701 g/mol. The molecular weight excluding hydrogens is 667 g/mol. The van der Waals surface area contributed by atoms with E-state index in [4.69, 9.17) is 4.42 Å². The summed E-state index contributed by atoms with van der Waals surface area (Å²) >= 11 is 0. The minimum atomic E-state index is -0.555. The van der Waals surface area contributed by atoms with E-state index in [1.54, 1.807) is 0 Å². The number of rotatable bonds is 6. The van der Waals surface area contributed by atoms with Crippen molar-refractivity contribution in [2.45, 2.75) is 5.41 Å². The Balaban J connectivity index is 1.22. The molecule has 2 heteroatoms. The van der Waals surface area contributed by atoms with Crippen LogP contribution in [-0.2, 0) is 5.41 Å². The van der Waals surface area contributed by atoms with Gasteiger partial charge in [-0.25, -0.2) is 0 Å². The highest BCUT2D eigenvalue weighted by Gasteiger charge is 2.47. The lowest BCUT2D eigenvalue weighted by Crippen LogP contribution is -2.28. The fraction of sp³-hybridized carbons (Fsp3) is 0.0189. The molecule has 1 aromatic heterocycles. The molecule has 258 valence electrons. The Kier molecular flexibility index (Phi) is 7.11. The second-order valence-electron chi connectivity index (χ2n) is 14.4. The standard InChI is InChI=1S/C53H35NO/c1-4-15-36(16-5-1)37-27-29-41(30-28-37)54(49-25-14-18-38-17-10-11-23-43(38)49)42-31-33-47-46(35-42)51-48(34-32-45-44-24-12-13-26-50(44)55-52(45)51)53(47,39-19-6-2-7-20-39)40-21-8-3-9-22-40/h1-35H. The first-order valence-corrected chi connectivity index (χ1v) is 18.9. The molecule has 0 spiro atoms. The molecule has 2 nitrogen and oxygen atoms in total. The molecule has 0 bridgehead atoms. The molecule has 0 N–H and O–H groups in total. The highest BCUT2D eigenvalue weighted by atomic mass is 16.3. The second-order valence-corrected chi connectivity index (χ2v) is 14.4. The molecule has 10 aromatic rings. The van der Waals surface area contributed by atoms with Gasteiger partial charge in [-0.2, -0.15) is 0 Å². The van der Waals surface area contributed by atoms with Crippen molar-refractivity contribution in [3.63, 3.8) is 0 Å². The largest absolute Gasteiger partial charge is 0.455 e. The zero-order chi connectivity index (χ0) is 36.3. The summed E-state index contributed by atoms with van der Waals surface area (Å²) in [4.78, 5) is 2.42. The van der Waals surface area contributed by atoms with Crippen molar-refractivity contribution in [1.82, 2.24) is 0 Å². The number of nitrogens with zero attached hydrogens (tertiary/aromatic N) is 1. The van der Waals surface area contributed by atoms with E-state index >= 15 is 0 Å². The molecule has 55 heavy (non-hydrogen) atoms. The van der Waals surface area contributed by atoms with Crippen LogP contribution in [0.2, 0.25) is 0 Å². The van der Waals surface area contributed by atoms with Crippen molar-refractivity contribution >= 4 is 49.8 Å². The van der Waals surface area contributed by atoms with Crippen molar-refractivity contribution in [3.8, 4) is 22.3 Å². The van der Waals surface area contributed by atoms with Crippen molar-refractivity contribution in [1.29, 1.82) is 0 Å². The van der Waals surface area contributed by atoms with Crippen LogP contribution in [0, 0.1) is 0 Å². The number of hydrogen-bond acceptors (Lipinski definition) is 2. The Bertz CT molecular complexity index is 2970. The zero-order valence-corrected chi connectivity index (χ0v) is 30.1. The smallest absolute Gasteiger partial charge is 0.143 e. The van der Waals surface area contributed by atoms with E-state index in [9.17, 15) is 0 Å². The maximum Gasteiger partial charge on any atom is 0.143 e.